The van der Waals surface area contributed by atoms with Gasteiger partial charge in [-0.05, 0) is 30.3 Å². The Labute approximate surface area is 169 Å². The van der Waals surface area contributed by atoms with Crippen LogP contribution in [-0.4, -0.2) is 27.2 Å². The van der Waals surface area contributed by atoms with E-state index in [2.05, 4.69) is 5.32 Å². The first-order chi connectivity index (χ1) is 14.2. The Morgan fingerprint density at radius 1 is 0.828 bits per heavy atom. The van der Waals surface area contributed by atoms with Crippen molar-refractivity contribution in [2.45, 2.75) is 6.17 Å². The first-order valence-electron chi connectivity index (χ1n) is 9.22. The first kappa shape index (κ1) is 18.7. The number of hydrogen-bond acceptors (Lipinski definition) is 5. The standard InChI is InChI=1S/C23H22N2O4/c1-27-15-12-13-19(21(14-15)29-3)25-22(17-9-5-7-11-20(17)28-2)24-18-10-6-4-8-16(18)23(25)26/h4-14,22,24H,1-3H3. The number of methoxy groups -OCH3 is 3. The van der Waals surface area contributed by atoms with E-state index in [0.29, 0.717) is 28.5 Å². The third-order valence-corrected chi connectivity index (χ3v) is 5.01. The van der Waals surface area contributed by atoms with Crippen molar-refractivity contribution in [1.82, 2.24) is 0 Å². The van der Waals surface area contributed by atoms with Crippen LogP contribution in [0.5, 0.6) is 17.2 Å². The third-order valence-electron chi connectivity index (χ3n) is 5.01. The van der Waals surface area contributed by atoms with Crippen molar-refractivity contribution in [3.05, 3.63) is 77.9 Å². The van der Waals surface area contributed by atoms with Gasteiger partial charge in [0.2, 0.25) is 0 Å². The summed E-state index contributed by atoms with van der Waals surface area (Å²) < 4.78 is 16.5. The molecule has 0 aromatic heterocycles. The van der Waals surface area contributed by atoms with E-state index in [1.165, 1.54) is 0 Å². The molecule has 29 heavy (non-hydrogen) atoms. The average molecular weight is 390 g/mol. The summed E-state index contributed by atoms with van der Waals surface area (Å²) in [6.45, 7) is 0. The number of benzene rings is 3. The molecular formula is C23H22N2O4. The summed E-state index contributed by atoms with van der Waals surface area (Å²) in [5.41, 5.74) is 2.85. The minimum Gasteiger partial charge on any atom is -0.497 e. The summed E-state index contributed by atoms with van der Waals surface area (Å²) in [6.07, 6.45) is -0.476. The second-order valence-electron chi connectivity index (χ2n) is 6.55. The maximum atomic E-state index is 13.6. The van der Waals surface area contributed by atoms with Crippen LogP contribution >= 0.6 is 0 Å². The van der Waals surface area contributed by atoms with E-state index in [4.69, 9.17) is 14.2 Å². The number of carbonyl (C=O) groups excluding carboxylic acids is 1. The lowest BCUT2D eigenvalue weighted by Gasteiger charge is -2.39. The first-order valence-corrected chi connectivity index (χ1v) is 9.22. The molecule has 6 nitrogen and oxygen atoms in total. The fourth-order valence-corrected chi connectivity index (χ4v) is 3.60. The largest absolute Gasteiger partial charge is 0.497 e. The van der Waals surface area contributed by atoms with Gasteiger partial charge in [-0.25, -0.2) is 0 Å². The van der Waals surface area contributed by atoms with Crippen LogP contribution in [0, 0.1) is 0 Å². The smallest absolute Gasteiger partial charge is 0.262 e. The molecular weight excluding hydrogens is 368 g/mol. The van der Waals surface area contributed by atoms with Gasteiger partial charge in [0.05, 0.1) is 32.6 Å². The molecule has 0 aliphatic carbocycles. The Hall–Kier alpha value is -3.67. The van der Waals surface area contributed by atoms with Gasteiger partial charge in [-0.2, -0.15) is 0 Å². The van der Waals surface area contributed by atoms with E-state index in [1.807, 2.05) is 60.7 Å². The summed E-state index contributed by atoms with van der Waals surface area (Å²) in [5.74, 6) is 1.75. The van der Waals surface area contributed by atoms with Crippen LogP contribution in [-0.2, 0) is 0 Å². The molecule has 3 aromatic rings. The number of nitrogens with one attached hydrogen (secondary N) is 1. The van der Waals surface area contributed by atoms with Gasteiger partial charge in [0.1, 0.15) is 23.4 Å². The van der Waals surface area contributed by atoms with Crippen LogP contribution in [0.4, 0.5) is 11.4 Å². The third kappa shape index (κ3) is 3.23. The maximum Gasteiger partial charge on any atom is 0.262 e. The van der Waals surface area contributed by atoms with Crippen molar-refractivity contribution in [3.63, 3.8) is 0 Å². The highest BCUT2D eigenvalue weighted by Gasteiger charge is 2.36. The highest BCUT2D eigenvalue weighted by molar-refractivity contribution is 6.12. The molecule has 1 N–H and O–H groups in total. The molecule has 0 radical (unpaired) electrons. The number of ether oxygens (including phenoxy) is 3. The van der Waals surface area contributed by atoms with Crippen molar-refractivity contribution >= 4 is 17.3 Å². The SMILES string of the molecule is COc1ccc(N2C(=O)c3ccccc3NC2c2ccccc2OC)c(OC)c1. The molecule has 1 heterocycles. The zero-order chi connectivity index (χ0) is 20.4. The van der Waals surface area contributed by atoms with Gasteiger partial charge >= 0.3 is 0 Å². The average Bonchev–Trinajstić information content (AvgIpc) is 2.78. The molecule has 0 saturated heterocycles. The predicted octanol–water partition coefficient (Wildman–Crippen LogP) is 4.48. The number of rotatable bonds is 5. The minimum absolute atomic E-state index is 0.126. The summed E-state index contributed by atoms with van der Waals surface area (Å²) in [6, 6.07) is 20.5. The molecule has 0 spiro atoms. The lowest BCUT2D eigenvalue weighted by molar-refractivity contribution is 0.0974. The Morgan fingerprint density at radius 3 is 2.31 bits per heavy atom. The number of anilines is 2. The summed E-state index contributed by atoms with van der Waals surface area (Å²) in [4.78, 5) is 15.3. The van der Waals surface area contributed by atoms with Crippen LogP contribution in [0.15, 0.2) is 66.7 Å². The lowest BCUT2D eigenvalue weighted by atomic mass is 10.0. The van der Waals surface area contributed by atoms with Gasteiger partial charge in [0.15, 0.2) is 0 Å². The molecule has 3 aromatic carbocycles. The van der Waals surface area contributed by atoms with Crippen molar-refractivity contribution < 1.29 is 19.0 Å². The minimum atomic E-state index is -0.476. The Bertz CT molecular complexity index is 1050. The molecule has 1 amide bonds. The summed E-state index contributed by atoms with van der Waals surface area (Å²) >= 11 is 0. The molecule has 0 saturated carbocycles. The van der Waals surface area contributed by atoms with Crippen molar-refractivity contribution in [2.24, 2.45) is 0 Å². The van der Waals surface area contributed by atoms with Crippen LogP contribution < -0.4 is 24.4 Å². The molecule has 0 fully saturated rings. The van der Waals surface area contributed by atoms with E-state index in [0.717, 1.165) is 11.3 Å². The summed E-state index contributed by atoms with van der Waals surface area (Å²) in [7, 11) is 4.79. The fourth-order valence-electron chi connectivity index (χ4n) is 3.60. The monoisotopic (exact) mass is 390 g/mol. The van der Waals surface area contributed by atoms with Crippen molar-refractivity contribution in [3.8, 4) is 17.2 Å². The quantitative estimate of drug-likeness (QED) is 0.696. The predicted molar refractivity (Wildman–Crippen MR) is 112 cm³/mol. The molecule has 6 heteroatoms. The van der Waals surface area contributed by atoms with E-state index < -0.39 is 6.17 Å². The van der Waals surface area contributed by atoms with Gasteiger partial charge in [-0.15, -0.1) is 0 Å². The van der Waals surface area contributed by atoms with Gasteiger partial charge in [0.25, 0.3) is 5.91 Å². The lowest BCUT2D eigenvalue weighted by Crippen LogP contribution is -2.43. The van der Waals surface area contributed by atoms with E-state index >= 15 is 0 Å². The number of amides is 1. The van der Waals surface area contributed by atoms with Crippen LogP contribution in [0.1, 0.15) is 22.1 Å². The molecule has 1 aliphatic heterocycles. The van der Waals surface area contributed by atoms with E-state index in [1.54, 1.807) is 32.3 Å². The number of carbonyl (C=O) groups is 1. The fraction of sp³-hybridized carbons (Fsp3) is 0.174. The molecule has 4 rings (SSSR count). The van der Waals surface area contributed by atoms with Crippen molar-refractivity contribution in [2.75, 3.05) is 31.5 Å². The molecule has 0 bridgehead atoms. The maximum absolute atomic E-state index is 13.6. The van der Waals surface area contributed by atoms with E-state index in [9.17, 15) is 4.79 Å². The van der Waals surface area contributed by atoms with Gasteiger partial charge < -0.3 is 19.5 Å². The Morgan fingerprint density at radius 2 is 1.55 bits per heavy atom. The zero-order valence-corrected chi connectivity index (χ0v) is 16.5. The van der Waals surface area contributed by atoms with E-state index in [-0.39, 0.29) is 5.91 Å². The number of hydrogen-bond donors (Lipinski definition) is 1. The number of fused-ring (bicyclic) bond motifs is 1. The number of para-hydroxylation sites is 2. The van der Waals surface area contributed by atoms with Crippen LogP contribution in [0.2, 0.25) is 0 Å². The molecule has 1 aliphatic rings. The van der Waals surface area contributed by atoms with Gasteiger partial charge in [0, 0.05) is 17.3 Å². The normalized spacial score (nSPS) is 15.3. The Kier molecular flexibility index (Phi) is 4.99. The van der Waals surface area contributed by atoms with Crippen LogP contribution in [0.25, 0.3) is 0 Å². The zero-order valence-electron chi connectivity index (χ0n) is 16.5. The van der Waals surface area contributed by atoms with Gasteiger partial charge in [-0.3, -0.25) is 9.69 Å². The second kappa shape index (κ2) is 7.75. The molecule has 1 atom stereocenters. The topological polar surface area (TPSA) is 60.0 Å². The van der Waals surface area contributed by atoms with Gasteiger partial charge in [-0.1, -0.05) is 30.3 Å². The Balaban J connectivity index is 1.92. The van der Waals surface area contributed by atoms with Crippen LogP contribution in [0.3, 0.4) is 0 Å². The highest BCUT2D eigenvalue weighted by Crippen LogP contribution is 2.43. The molecule has 1 unspecified atom stereocenters. The number of nitrogens with zero attached hydrogens (tertiary/aromatic N) is 1. The summed E-state index contributed by atoms with van der Waals surface area (Å²) in [5, 5.41) is 3.49. The van der Waals surface area contributed by atoms with Crippen molar-refractivity contribution in [1.29, 1.82) is 0 Å². The second-order valence-corrected chi connectivity index (χ2v) is 6.55. The molecule has 148 valence electrons. The highest BCUT2D eigenvalue weighted by atomic mass is 16.5.